The van der Waals surface area contributed by atoms with Crippen molar-refractivity contribution in [2.24, 2.45) is 0 Å². The van der Waals surface area contributed by atoms with Crippen molar-refractivity contribution in [2.75, 3.05) is 26.0 Å². The zero-order valence-corrected chi connectivity index (χ0v) is 12.2. The number of aryl methyl sites for hydroxylation is 1. The van der Waals surface area contributed by atoms with Gasteiger partial charge in [0.1, 0.15) is 0 Å². The molecule has 2 amide bonds. The Morgan fingerprint density at radius 3 is 2.52 bits per heavy atom. The van der Waals surface area contributed by atoms with E-state index in [2.05, 4.69) is 10.1 Å². The molecule has 0 bridgehead atoms. The second-order valence-electron chi connectivity index (χ2n) is 4.52. The van der Waals surface area contributed by atoms with E-state index >= 15 is 0 Å². The third-order valence-electron chi connectivity index (χ3n) is 2.89. The highest BCUT2D eigenvalue weighted by atomic mass is 16.5. The van der Waals surface area contributed by atoms with Gasteiger partial charge in [-0.2, -0.15) is 0 Å². The summed E-state index contributed by atoms with van der Waals surface area (Å²) in [5, 5.41) is 11.2. The molecule has 114 valence electrons. The average Bonchev–Trinajstić information content (AvgIpc) is 2.43. The van der Waals surface area contributed by atoms with Gasteiger partial charge < -0.3 is 20.1 Å². The quantitative estimate of drug-likeness (QED) is 0.806. The molecule has 21 heavy (non-hydrogen) atoms. The van der Waals surface area contributed by atoms with Crippen LogP contribution < -0.4 is 5.32 Å². The Kier molecular flexibility index (Phi) is 5.71. The van der Waals surface area contributed by atoms with E-state index < -0.39 is 18.0 Å². The minimum atomic E-state index is -0.965. The molecule has 7 heteroatoms. The first kappa shape index (κ1) is 16.5. The normalized spacial score (nSPS) is 9.86. The van der Waals surface area contributed by atoms with E-state index in [9.17, 15) is 14.4 Å². The first-order valence-electron chi connectivity index (χ1n) is 6.28. The molecule has 0 unspecified atom stereocenters. The number of carboxylic acid groups (broad SMARTS) is 1. The molecule has 1 rings (SSSR count). The number of amides is 2. The number of benzene rings is 1. The summed E-state index contributed by atoms with van der Waals surface area (Å²) in [5.74, 6) is -1.41. The summed E-state index contributed by atoms with van der Waals surface area (Å²) in [5.41, 5.74) is 1.62. The standard InChI is InChI=1S/C14H18N2O5/c1-9-8-10(4-5-11(9)13(19)21-3)15-14(20)16(2)7-6-12(17)18/h4-5,8H,6-7H2,1-3H3,(H,15,20)(H,17,18). The van der Waals surface area contributed by atoms with Gasteiger partial charge in [0.15, 0.2) is 0 Å². The Morgan fingerprint density at radius 1 is 1.33 bits per heavy atom. The largest absolute Gasteiger partial charge is 0.481 e. The smallest absolute Gasteiger partial charge is 0.338 e. The summed E-state index contributed by atoms with van der Waals surface area (Å²) in [6.07, 6.45) is -0.121. The summed E-state index contributed by atoms with van der Waals surface area (Å²) in [6, 6.07) is 4.38. The van der Waals surface area contributed by atoms with Crippen molar-refractivity contribution >= 4 is 23.7 Å². The molecule has 0 radical (unpaired) electrons. The molecule has 1 aromatic carbocycles. The van der Waals surface area contributed by atoms with Gasteiger partial charge in [-0.05, 0) is 30.7 Å². The maximum Gasteiger partial charge on any atom is 0.338 e. The van der Waals surface area contributed by atoms with Crippen LogP contribution in [0, 0.1) is 6.92 Å². The van der Waals surface area contributed by atoms with Crippen molar-refractivity contribution in [3.63, 3.8) is 0 Å². The molecule has 0 atom stereocenters. The van der Waals surface area contributed by atoms with Crippen molar-refractivity contribution in [3.05, 3.63) is 29.3 Å². The van der Waals surface area contributed by atoms with Crippen LogP contribution in [-0.4, -0.2) is 48.7 Å². The van der Waals surface area contributed by atoms with Gasteiger partial charge in [-0.3, -0.25) is 4.79 Å². The Bertz CT molecular complexity index is 556. The molecule has 0 fully saturated rings. The number of nitrogens with one attached hydrogen (secondary N) is 1. The number of urea groups is 1. The number of carbonyl (C=O) groups excluding carboxylic acids is 2. The number of hydrogen-bond donors (Lipinski definition) is 2. The summed E-state index contributed by atoms with van der Waals surface area (Å²) in [6.45, 7) is 1.84. The number of carboxylic acids is 1. The van der Waals surface area contributed by atoms with E-state index in [0.29, 0.717) is 16.8 Å². The number of methoxy groups -OCH3 is 1. The average molecular weight is 294 g/mol. The van der Waals surface area contributed by atoms with E-state index in [-0.39, 0.29) is 13.0 Å². The minimum absolute atomic E-state index is 0.112. The number of nitrogens with zero attached hydrogens (tertiary/aromatic N) is 1. The first-order chi connectivity index (χ1) is 9.85. The SMILES string of the molecule is COC(=O)c1ccc(NC(=O)N(C)CCC(=O)O)cc1C. The highest BCUT2D eigenvalue weighted by Gasteiger charge is 2.13. The lowest BCUT2D eigenvalue weighted by Gasteiger charge is -2.17. The fourth-order valence-corrected chi connectivity index (χ4v) is 1.66. The summed E-state index contributed by atoms with van der Waals surface area (Å²) in [7, 11) is 2.81. The molecule has 0 saturated heterocycles. The summed E-state index contributed by atoms with van der Waals surface area (Å²) < 4.78 is 4.64. The number of ether oxygens (including phenoxy) is 1. The second-order valence-corrected chi connectivity index (χ2v) is 4.52. The Labute approximate surface area is 122 Å². The van der Waals surface area contributed by atoms with Gasteiger partial charge >= 0.3 is 18.0 Å². The lowest BCUT2D eigenvalue weighted by Crippen LogP contribution is -2.33. The van der Waals surface area contributed by atoms with Gasteiger partial charge in [-0.1, -0.05) is 0 Å². The molecule has 0 aromatic heterocycles. The molecule has 2 N–H and O–H groups in total. The number of hydrogen-bond acceptors (Lipinski definition) is 4. The minimum Gasteiger partial charge on any atom is -0.481 e. The summed E-state index contributed by atoms with van der Waals surface area (Å²) in [4.78, 5) is 35.0. The topological polar surface area (TPSA) is 95.9 Å². The fraction of sp³-hybridized carbons (Fsp3) is 0.357. The van der Waals surface area contributed by atoms with Crippen LogP contribution in [0.15, 0.2) is 18.2 Å². The number of carbonyl (C=O) groups is 3. The highest BCUT2D eigenvalue weighted by molar-refractivity contribution is 5.93. The van der Waals surface area contributed by atoms with Crippen molar-refractivity contribution in [3.8, 4) is 0 Å². The molecule has 7 nitrogen and oxygen atoms in total. The molecule has 1 aromatic rings. The third-order valence-corrected chi connectivity index (χ3v) is 2.89. The number of anilines is 1. The third kappa shape index (κ3) is 4.79. The van der Waals surface area contributed by atoms with E-state index in [0.717, 1.165) is 0 Å². The molecule has 0 saturated carbocycles. The molecule has 0 aliphatic carbocycles. The van der Waals surface area contributed by atoms with Gasteiger partial charge in [0.25, 0.3) is 0 Å². The summed E-state index contributed by atoms with van der Waals surface area (Å²) >= 11 is 0. The Hall–Kier alpha value is -2.57. The first-order valence-corrected chi connectivity index (χ1v) is 6.28. The highest BCUT2D eigenvalue weighted by Crippen LogP contribution is 2.16. The molecular weight excluding hydrogens is 276 g/mol. The Balaban J connectivity index is 2.71. The van der Waals surface area contributed by atoms with Gasteiger partial charge in [0.05, 0.1) is 19.1 Å². The van der Waals surface area contributed by atoms with Crippen LogP contribution in [0.25, 0.3) is 0 Å². The number of esters is 1. The van der Waals surface area contributed by atoms with Crippen molar-refractivity contribution in [1.29, 1.82) is 0 Å². The van der Waals surface area contributed by atoms with Crippen molar-refractivity contribution in [1.82, 2.24) is 4.90 Å². The van der Waals surface area contributed by atoms with E-state index in [1.54, 1.807) is 25.1 Å². The number of rotatable bonds is 5. The van der Waals surface area contributed by atoms with Crippen molar-refractivity contribution in [2.45, 2.75) is 13.3 Å². The maximum atomic E-state index is 11.8. The van der Waals surface area contributed by atoms with Gasteiger partial charge in [0.2, 0.25) is 0 Å². The van der Waals surface area contributed by atoms with Crippen LogP contribution in [0.5, 0.6) is 0 Å². The molecule has 0 heterocycles. The zero-order valence-electron chi connectivity index (χ0n) is 12.2. The van der Waals surface area contributed by atoms with Crippen LogP contribution in [0.4, 0.5) is 10.5 Å². The predicted molar refractivity (Wildman–Crippen MR) is 76.4 cm³/mol. The molecule has 0 spiro atoms. The van der Waals surface area contributed by atoms with Crippen molar-refractivity contribution < 1.29 is 24.2 Å². The van der Waals surface area contributed by atoms with Crippen LogP contribution in [0.1, 0.15) is 22.3 Å². The second kappa shape index (κ2) is 7.28. The molecular formula is C14H18N2O5. The van der Waals surface area contributed by atoms with Crippen LogP contribution in [0.2, 0.25) is 0 Å². The lowest BCUT2D eigenvalue weighted by atomic mass is 10.1. The van der Waals surface area contributed by atoms with Gasteiger partial charge in [0, 0.05) is 19.3 Å². The maximum absolute atomic E-state index is 11.8. The Morgan fingerprint density at radius 2 is 2.00 bits per heavy atom. The van der Waals surface area contributed by atoms with E-state index in [4.69, 9.17) is 5.11 Å². The zero-order chi connectivity index (χ0) is 16.0. The predicted octanol–water partition coefficient (Wildman–Crippen LogP) is 1.72. The number of aliphatic carboxylic acids is 1. The van der Waals surface area contributed by atoms with E-state index in [1.165, 1.54) is 19.1 Å². The lowest BCUT2D eigenvalue weighted by molar-refractivity contribution is -0.137. The monoisotopic (exact) mass is 294 g/mol. The van der Waals surface area contributed by atoms with E-state index in [1.807, 2.05) is 0 Å². The van der Waals surface area contributed by atoms with Crippen LogP contribution in [-0.2, 0) is 9.53 Å². The van der Waals surface area contributed by atoms with Crippen LogP contribution in [0.3, 0.4) is 0 Å². The fourth-order valence-electron chi connectivity index (χ4n) is 1.66. The van der Waals surface area contributed by atoms with Crippen LogP contribution >= 0.6 is 0 Å². The molecule has 0 aliphatic heterocycles. The van der Waals surface area contributed by atoms with Gasteiger partial charge in [-0.15, -0.1) is 0 Å². The van der Waals surface area contributed by atoms with Gasteiger partial charge in [-0.25, -0.2) is 9.59 Å². The molecule has 0 aliphatic rings.